The standard InChI is InChI=1S/C14H10ClNO7/c1-21-14(18)12-5-3-9(23-12)7-22-13(17)10-6-8(15)2-4-11(10)16(19)20/h2-6H,7H2,1H3. The Kier molecular flexibility index (Phi) is 4.97. The van der Waals surface area contributed by atoms with Crippen molar-refractivity contribution < 1.29 is 28.4 Å². The van der Waals surface area contributed by atoms with Crippen molar-refractivity contribution in [2.24, 2.45) is 0 Å². The Morgan fingerprint density at radius 3 is 2.65 bits per heavy atom. The molecule has 0 aliphatic heterocycles. The first-order valence-corrected chi connectivity index (χ1v) is 6.58. The third-order valence-electron chi connectivity index (χ3n) is 2.77. The summed E-state index contributed by atoms with van der Waals surface area (Å²) in [7, 11) is 1.20. The van der Waals surface area contributed by atoms with Gasteiger partial charge in [-0.15, -0.1) is 0 Å². The average Bonchev–Trinajstić information content (AvgIpc) is 3.00. The van der Waals surface area contributed by atoms with Gasteiger partial charge in [0.2, 0.25) is 5.76 Å². The molecule has 0 saturated carbocycles. The molecule has 23 heavy (non-hydrogen) atoms. The fraction of sp³-hybridized carbons (Fsp3) is 0.143. The van der Waals surface area contributed by atoms with E-state index in [1.165, 1.54) is 25.3 Å². The number of carbonyl (C=O) groups excluding carboxylic acids is 2. The Morgan fingerprint density at radius 2 is 2.00 bits per heavy atom. The van der Waals surface area contributed by atoms with Crippen LogP contribution in [0, 0.1) is 10.1 Å². The number of methoxy groups -OCH3 is 1. The summed E-state index contributed by atoms with van der Waals surface area (Å²) < 4.78 is 14.5. The predicted octanol–water partition coefficient (Wildman–Crippen LogP) is 2.98. The van der Waals surface area contributed by atoms with Crippen molar-refractivity contribution in [2.45, 2.75) is 6.61 Å². The molecule has 1 heterocycles. The van der Waals surface area contributed by atoms with Gasteiger partial charge in [-0.3, -0.25) is 10.1 Å². The van der Waals surface area contributed by atoms with Crippen molar-refractivity contribution in [1.82, 2.24) is 0 Å². The molecule has 9 heteroatoms. The highest BCUT2D eigenvalue weighted by Crippen LogP contribution is 2.24. The van der Waals surface area contributed by atoms with Crippen LogP contribution < -0.4 is 0 Å². The normalized spacial score (nSPS) is 10.2. The lowest BCUT2D eigenvalue weighted by molar-refractivity contribution is -0.385. The van der Waals surface area contributed by atoms with Gasteiger partial charge < -0.3 is 13.9 Å². The van der Waals surface area contributed by atoms with E-state index in [4.69, 9.17) is 20.8 Å². The van der Waals surface area contributed by atoms with Crippen molar-refractivity contribution in [2.75, 3.05) is 7.11 Å². The highest BCUT2D eigenvalue weighted by Gasteiger charge is 2.22. The summed E-state index contributed by atoms with van der Waals surface area (Å²) in [5, 5.41) is 11.1. The molecular weight excluding hydrogens is 330 g/mol. The minimum Gasteiger partial charge on any atom is -0.463 e. The molecule has 0 fully saturated rings. The van der Waals surface area contributed by atoms with Gasteiger partial charge in [0.25, 0.3) is 5.69 Å². The minimum atomic E-state index is -0.935. The van der Waals surface area contributed by atoms with Crippen LogP contribution in [0.3, 0.4) is 0 Å². The summed E-state index contributed by atoms with van der Waals surface area (Å²) >= 11 is 5.74. The van der Waals surface area contributed by atoms with Crippen LogP contribution in [-0.2, 0) is 16.1 Å². The lowest BCUT2D eigenvalue weighted by Crippen LogP contribution is -2.08. The van der Waals surface area contributed by atoms with Gasteiger partial charge in [0.1, 0.15) is 17.9 Å². The lowest BCUT2D eigenvalue weighted by Gasteiger charge is -2.04. The molecule has 1 aromatic heterocycles. The number of furan rings is 1. The second kappa shape index (κ2) is 6.93. The van der Waals surface area contributed by atoms with E-state index < -0.39 is 22.5 Å². The summed E-state index contributed by atoms with van der Waals surface area (Å²) in [5.74, 6) is -1.47. The Balaban J connectivity index is 2.11. The molecule has 2 aromatic rings. The monoisotopic (exact) mass is 339 g/mol. The summed E-state index contributed by atoms with van der Waals surface area (Å²) in [5.41, 5.74) is -0.698. The number of nitrogens with zero attached hydrogens (tertiary/aromatic N) is 1. The van der Waals surface area contributed by atoms with Gasteiger partial charge in [0.15, 0.2) is 0 Å². The summed E-state index contributed by atoms with van der Waals surface area (Å²) in [6, 6.07) is 6.33. The van der Waals surface area contributed by atoms with Crippen molar-refractivity contribution in [3.05, 3.63) is 62.6 Å². The molecule has 0 unspecified atom stereocenters. The van der Waals surface area contributed by atoms with Crippen LogP contribution in [0.1, 0.15) is 26.7 Å². The molecule has 0 aliphatic carbocycles. The number of nitro groups is 1. The van der Waals surface area contributed by atoms with Crippen LogP contribution in [0.2, 0.25) is 5.02 Å². The third-order valence-corrected chi connectivity index (χ3v) is 3.00. The quantitative estimate of drug-likeness (QED) is 0.468. The molecule has 0 N–H and O–H groups in total. The van der Waals surface area contributed by atoms with E-state index in [1.807, 2.05) is 0 Å². The summed E-state index contributed by atoms with van der Waals surface area (Å²) in [6.07, 6.45) is 0. The molecule has 0 amide bonds. The largest absolute Gasteiger partial charge is 0.463 e. The molecule has 0 spiro atoms. The molecule has 120 valence electrons. The molecule has 2 rings (SSSR count). The molecule has 8 nitrogen and oxygen atoms in total. The van der Waals surface area contributed by atoms with Gasteiger partial charge in [0, 0.05) is 11.1 Å². The SMILES string of the molecule is COC(=O)c1ccc(COC(=O)c2cc(Cl)ccc2[N+](=O)[O-])o1. The van der Waals surface area contributed by atoms with Gasteiger partial charge in [-0.1, -0.05) is 11.6 Å². The van der Waals surface area contributed by atoms with E-state index in [0.29, 0.717) is 0 Å². The van der Waals surface area contributed by atoms with Crippen LogP contribution in [0.4, 0.5) is 5.69 Å². The van der Waals surface area contributed by atoms with Crippen molar-refractivity contribution in [1.29, 1.82) is 0 Å². The predicted molar refractivity (Wildman–Crippen MR) is 77.3 cm³/mol. The van der Waals surface area contributed by atoms with Gasteiger partial charge in [-0.25, -0.2) is 9.59 Å². The first kappa shape index (κ1) is 16.5. The Bertz CT molecular complexity index is 768. The second-order valence-electron chi connectivity index (χ2n) is 4.25. The number of rotatable bonds is 5. The Hall–Kier alpha value is -2.87. The van der Waals surface area contributed by atoms with Crippen LogP contribution in [0.15, 0.2) is 34.7 Å². The number of halogens is 1. The van der Waals surface area contributed by atoms with Gasteiger partial charge in [-0.05, 0) is 24.3 Å². The summed E-state index contributed by atoms with van der Waals surface area (Å²) in [4.78, 5) is 33.4. The van der Waals surface area contributed by atoms with E-state index in [2.05, 4.69) is 4.74 Å². The van der Waals surface area contributed by atoms with Crippen LogP contribution >= 0.6 is 11.6 Å². The van der Waals surface area contributed by atoms with Crippen molar-refractivity contribution in [3.8, 4) is 0 Å². The van der Waals surface area contributed by atoms with E-state index in [1.54, 1.807) is 0 Å². The minimum absolute atomic E-state index is 0.0488. The van der Waals surface area contributed by atoms with Gasteiger partial charge in [0.05, 0.1) is 12.0 Å². The number of benzene rings is 1. The van der Waals surface area contributed by atoms with Crippen molar-refractivity contribution in [3.63, 3.8) is 0 Å². The van der Waals surface area contributed by atoms with Crippen LogP contribution in [0.25, 0.3) is 0 Å². The maximum absolute atomic E-state index is 12.0. The number of hydrogen-bond acceptors (Lipinski definition) is 7. The molecular formula is C14H10ClNO7. The third kappa shape index (κ3) is 3.86. The molecule has 0 aliphatic rings. The maximum Gasteiger partial charge on any atom is 0.373 e. The highest BCUT2D eigenvalue weighted by molar-refractivity contribution is 6.31. The number of nitro benzene ring substituents is 1. The molecule has 0 saturated heterocycles. The highest BCUT2D eigenvalue weighted by atomic mass is 35.5. The Labute approximate surface area is 134 Å². The van der Waals surface area contributed by atoms with Gasteiger partial charge >= 0.3 is 11.9 Å². The maximum atomic E-state index is 12.0. The first-order valence-electron chi connectivity index (χ1n) is 6.20. The second-order valence-corrected chi connectivity index (χ2v) is 4.69. The summed E-state index contributed by atoms with van der Waals surface area (Å²) in [6.45, 7) is -0.306. The number of hydrogen-bond donors (Lipinski definition) is 0. The van der Waals surface area contributed by atoms with E-state index in [9.17, 15) is 19.7 Å². The average molecular weight is 340 g/mol. The molecule has 0 bridgehead atoms. The Morgan fingerprint density at radius 1 is 1.26 bits per heavy atom. The van der Waals surface area contributed by atoms with E-state index in [-0.39, 0.29) is 28.7 Å². The topological polar surface area (TPSA) is 109 Å². The van der Waals surface area contributed by atoms with E-state index in [0.717, 1.165) is 12.1 Å². The van der Waals surface area contributed by atoms with Crippen LogP contribution in [-0.4, -0.2) is 24.0 Å². The zero-order valence-electron chi connectivity index (χ0n) is 11.8. The lowest BCUT2D eigenvalue weighted by atomic mass is 10.2. The molecule has 0 atom stereocenters. The number of ether oxygens (including phenoxy) is 2. The smallest absolute Gasteiger partial charge is 0.373 e. The first-order chi connectivity index (χ1) is 10.9. The van der Waals surface area contributed by atoms with E-state index >= 15 is 0 Å². The van der Waals surface area contributed by atoms with Gasteiger partial charge in [-0.2, -0.15) is 0 Å². The molecule has 0 radical (unpaired) electrons. The zero-order valence-corrected chi connectivity index (χ0v) is 12.5. The number of carbonyl (C=O) groups is 2. The fourth-order valence-corrected chi connectivity index (χ4v) is 1.88. The van der Waals surface area contributed by atoms with Crippen molar-refractivity contribution >= 4 is 29.2 Å². The fourth-order valence-electron chi connectivity index (χ4n) is 1.71. The zero-order chi connectivity index (χ0) is 17.0. The van der Waals surface area contributed by atoms with Crippen LogP contribution in [0.5, 0.6) is 0 Å². The number of esters is 2. The molecule has 1 aromatic carbocycles.